The summed E-state index contributed by atoms with van der Waals surface area (Å²) in [6, 6.07) is 10.6. The average molecular weight is 204 g/mol. The molecule has 0 spiro atoms. The minimum atomic E-state index is 0.878. The van der Waals surface area contributed by atoms with Gasteiger partial charge < -0.3 is 5.32 Å². The molecule has 1 N–H and O–H groups in total. The normalized spacial score (nSPS) is 22.1. The van der Waals surface area contributed by atoms with Gasteiger partial charge in [0.2, 0.25) is 0 Å². The van der Waals surface area contributed by atoms with Crippen LogP contribution >= 0.6 is 0 Å². The minimum Gasteiger partial charge on any atom is -0.300 e. The summed E-state index contributed by atoms with van der Waals surface area (Å²) in [6.07, 6.45) is 1.35. The summed E-state index contributed by atoms with van der Waals surface area (Å²) >= 11 is 0. The van der Waals surface area contributed by atoms with Gasteiger partial charge >= 0.3 is 0 Å². The Bertz CT molecular complexity index is 284. The summed E-state index contributed by atoms with van der Waals surface area (Å²) in [6.45, 7) is 6.84. The van der Waals surface area contributed by atoms with Crippen molar-refractivity contribution in [1.82, 2.24) is 10.2 Å². The zero-order chi connectivity index (χ0) is 10.5. The van der Waals surface area contributed by atoms with Gasteiger partial charge in [-0.3, -0.25) is 4.90 Å². The molecule has 0 aromatic heterocycles. The van der Waals surface area contributed by atoms with E-state index < -0.39 is 0 Å². The molecule has 1 aromatic rings. The van der Waals surface area contributed by atoms with Crippen molar-refractivity contribution in [3.8, 4) is 0 Å². The molecule has 0 aliphatic carbocycles. The Morgan fingerprint density at radius 2 is 2.13 bits per heavy atom. The minimum absolute atomic E-state index is 0.878. The van der Waals surface area contributed by atoms with Crippen LogP contribution in [0.4, 0.5) is 0 Å². The number of benzene rings is 1. The number of nitrogens with one attached hydrogen (secondary N) is 1. The van der Waals surface area contributed by atoms with Crippen LogP contribution in [-0.2, 0) is 6.54 Å². The van der Waals surface area contributed by atoms with E-state index in [0.717, 1.165) is 19.1 Å². The monoisotopic (exact) mass is 204 g/mol. The zero-order valence-corrected chi connectivity index (χ0v) is 9.45. The highest BCUT2D eigenvalue weighted by molar-refractivity contribution is 5.14. The Labute approximate surface area is 92.3 Å². The molecule has 2 heteroatoms. The van der Waals surface area contributed by atoms with Gasteiger partial charge in [-0.25, -0.2) is 0 Å². The predicted octanol–water partition coefficient (Wildman–Crippen LogP) is 2.08. The van der Waals surface area contributed by atoms with Crippen LogP contribution in [0.25, 0.3) is 0 Å². The van der Waals surface area contributed by atoms with Gasteiger partial charge in [0.15, 0.2) is 0 Å². The second kappa shape index (κ2) is 5.29. The molecule has 2 rings (SSSR count). The molecular formula is C13H20N2. The van der Waals surface area contributed by atoms with Gasteiger partial charge in [0, 0.05) is 19.8 Å². The van der Waals surface area contributed by atoms with E-state index in [9.17, 15) is 0 Å². The van der Waals surface area contributed by atoms with Crippen molar-refractivity contribution in [2.45, 2.75) is 19.9 Å². The van der Waals surface area contributed by atoms with Crippen LogP contribution in [0.1, 0.15) is 18.9 Å². The van der Waals surface area contributed by atoms with Gasteiger partial charge in [-0.15, -0.1) is 0 Å². The summed E-state index contributed by atoms with van der Waals surface area (Å²) in [5, 5.41) is 3.49. The molecule has 0 saturated carbocycles. The van der Waals surface area contributed by atoms with E-state index in [2.05, 4.69) is 47.5 Å². The molecule has 15 heavy (non-hydrogen) atoms. The number of hydrogen-bond donors (Lipinski definition) is 1. The van der Waals surface area contributed by atoms with Crippen LogP contribution in [0.2, 0.25) is 0 Å². The molecule has 0 bridgehead atoms. The van der Waals surface area contributed by atoms with Crippen molar-refractivity contribution >= 4 is 0 Å². The topological polar surface area (TPSA) is 15.3 Å². The van der Waals surface area contributed by atoms with E-state index >= 15 is 0 Å². The maximum absolute atomic E-state index is 3.49. The Morgan fingerprint density at radius 1 is 1.33 bits per heavy atom. The third-order valence-corrected chi connectivity index (χ3v) is 3.02. The van der Waals surface area contributed by atoms with Crippen molar-refractivity contribution in [3.05, 3.63) is 35.9 Å². The van der Waals surface area contributed by atoms with Gasteiger partial charge in [-0.2, -0.15) is 0 Å². The van der Waals surface area contributed by atoms with Crippen molar-refractivity contribution < 1.29 is 0 Å². The first-order chi connectivity index (χ1) is 7.34. The molecule has 1 heterocycles. The fourth-order valence-corrected chi connectivity index (χ4v) is 2.12. The van der Waals surface area contributed by atoms with Gasteiger partial charge in [0.05, 0.1) is 0 Å². The molecule has 0 radical (unpaired) electrons. The highest BCUT2D eigenvalue weighted by Crippen LogP contribution is 2.13. The molecule has 1 saturated heterocycles. The maximum atomic E-state index is 3.49. The van der Waals surface area contributed by atoms with Crippen LogP contribution < -0.4 is 5.32 Å². The van der Waals surface area contributed by atoms with Crippen molar-refractivity contribution in [3.63, 3.8) is 0 Å². The van der Waals surface area contributed by atoms with E-state index in [1.807, 2.05) is 0 Å². The Hall–Kier alpha value is -0.860. The standard InChI is InChI=1S/C13H20N2/c1-12-7-8-15(10-12)11-14-9-13-5-3-2-4-6-13/h2-6,12,14H,7-11H2,1H3. The second-order valence-corrected chi connectivity index (χ2v) is 4.54. The van der Waals surface area contributed by atoms with Gasteiger partial charge in [-0.1, -0.05) is 37.3 Å². The first kappa shape index (κ1) is 10.7. The fourth-order valence-electron chi connectivity index (χ4n) is 2.12. The van der Waals surface area contributed by atoms with Gasteiger partial charge in [0.25, 0.3) is 0 Å². The Morgan fingerprint density at radius 3 is 2.80 bits per heavy atom. The number of likely N-dealkylation sites (tertiary alicyclic amines) is 1. The predicted molar refractivity (Wildman–Crippen MR) is 63.5 cm³/mol. The lowest BCUT2D eigenvalue weighted by Gasteiger charge is -2.15. The lowest BCUT2D eigenvalue weighted by molar-refractivity contribution is 0.299. The molecule has 1 atom stereocenters. The highest BCUT2D eigenvalue weighted by Gasteiger charge is 2.17. The van der Waals surface area contributed by atoms with E-state index in [-0.39, 0.29) is 0 Å². The van der Waals surface area contributed by atoms with Gasteiger partial charge in [-0.05, 0) is 24.4 Å². The summed E-state index contributed by atoms with van der Waals surface area (Å²) in [5.41, 5.74) is 1.37. The third kappa shape index (κ3) is 3.33. The summed E-state index contributed by atoms with van der Waals surface area (Å²) in [5.74, 6) is 0.878. The van der Waals surface area contributed by atoms with E-state index in [0.29, 0.717) is 0 Å². The Balaban J connectivity index is 1.67. The summed E-state index contributed by atoms with van der Waals surface area (Å²) in [7, 11) is 0. The first-order valence-corrected chi connectivity index (χ1v) is 5.81. The molecular weight excluding hydrogens is 184 g/mol. The van der Waals surface area contributed by atoms with Crippen LogP contribution in [0.3, 0.4) is 0 Å². The molecule has 1 unspecified atom stereocenters. The quantitative estimate of drug-likeness (QED) is 0.807. The van der Waals surface area contributed by atoms with Crippen LogP contribution in [0.15, 0.2) is 30.3 Å². The van der Waals surface area contributed by atoms with Crippen LogP contribution in [0, 0.1) is 5.92 Å². The van der Waals surface area contributed by atoms with E-state index in [1.165, 1.54) is 25.1 Å². The van der Waals surface area contributed by atoms with Crippen LogP contribution in [0.5, 0.6) is 0 Å². The molecule has 2 nitrogen and oxygen atoms in total. The number of rotatable bonds is 4. The third-order valence-electron chi connectivity index (χ3n) is 3.02. The molecule has 0 amide bonds. The molecule has 1 fully saturated rings. The smallest absolute Gasteiger partial charge is 0.0483 e. The lowest BCUT2D eigenvalue weighted by Crippen LogP contribution is -2.32. The second-order valence-electron chi connectivity index (χ2n) is 4.54. The molecule has 1 aromatic carbocycles. The SMILES string of the molecule is CC1CCN(CNCc2ccccc2)C1. The van der Waals surface area contributed by atoms with Gasteiger partial charge in [0.1, 0.15) is 0 Å². The maximum Gasteiger partial charge on any atom is 0.0483 e. The summed E-state index contributed by atoms with van der Waals surface area (Å²) < 4.78 is 0. The van der Waals surface area contributed by atoms with Crippen molar-refractivity contribution in [1.29, 1.82) is 0 Å². The molecule has 1 aliphatic rings. The zero-order valence-electron chi connectivity index (χ0n) is 9.45. The largest absolute Gasteiger partial charge is 0.300 e. The highest BCUT2D eigenvalue weighted by atomic mass is 15.2. The van der Waals surface area contributed by atoms with Crippen molar-refractivity contribution in [2.24, 2.45) is 5.92 Å². The number of nitrogens with zero attached hydrogens (tertiary/aromatic N) is 1. The fraction of sp³-hybridized carbons (Fsp3) is 0.538. The van der Waals surface area contributed by atoms with Crippen molar-refractivity contribution in [2.75, 3.05) is 19.8 Å². The van der Waals surface area contributed by atoms with Crippen LogP contribution in [-0.4, -0.2) is 24.7 Å². The Kier molecular flexibility index (Phi) is 3.75. The number of hydrogen-bond acceptors (Lipinski definition) is 2. The van der Waals surface area contributed by atoms with E-state index in [4.69, 9.17) is 0 Å². The average Bonchev–Trinajstić information content (AvgIpc) is 2.66. The molecule has 1 aliphatic heterocycles. The lowest BCUT2D eigenvalue weighted by atomic mass is 10.2. The molecule has 82 valence electrons. The summed E-state index contributed by atoms with van der Waals surface area (Å²) in [4.78, 5) is 2.49. The first-order valence-electron chi connectivity index (χ1n) is 5.81. The van der Waals surface area contributed by atoms with E-state index in [1.54, 1.807) is 0 Å².